The van der Waals surface area contributed by atoms with Gasteiger partial charge < -0.3 is 9.67 Å². The highest BCUT2D eigenvalue weighted by Gasteiger charge is 2.41. The number of carboxylic acid groups (broad SMARTS) is 1. The van der Waals surface area contributed by atoms with Gasteiger partial charge in [0.1, 0.15) is 17.7 Å². The Hall–Kier alpha value is -1.97. The number of hydrogen-bond acceptors (Lipinski definition) is 5. The molecule has 8 nitrogen and oxygen atoms in total. The first-order valence-electron chi connectivity index (χ1n) is 7.11. The number of aromatic nitrogens is 3. The molecule has 0 radical (unpaired) electrons. The van der Waals surface area contributed by atoms with Gasteiger partial charge in [0.2, 0.25) is 10.0 Å². The zero-order valence-electron chi connectivity index (χ0n) is 13.0. The molecule has 1 unspecified atom stereocenters. The van der Waals surface area contributed by atoms with E-state index < -0.39 is 22.0 Å². The molecule has 1 N–H and O–H groups in total. The average molecular weight is 371 g/mol. The number of benzene rings is 1. The number of carbonyl (C=O) groups is 1. The predicted octanol–water partition coefficient (Wildman–Crippen LogP) is 1.21. The minimum absolute atomic E-state index is 0.0394. The summed E-state index contributed by atoms with van der Waals surface area (Å²) in [4.78, 5) is 11.6. The third-order valence-electron chi connectivity index (χ3n) is 4.05. The predicted molar refractivity (Wildman–Crippen MR) is 85.1 cm³/mol. The van der Waals surface area contributed by atoms with Crippen molar-refractivity contribution in [1.82, 2.24) is 19.1 Å². The number of hydrogen-bond donors (Lipinski definition) is 1. The summed E-state index contributed by atoms with van der Waals surface area (Å²) in [5.41, 5.74) is 0.736. The van der Waals surface area contributed by atoms with E-state index in [4.69, 9.17) is 11.6 Å². The van der Waals surface area contributed by atoms with Crippen molar-refractivity contribution in [3.8, 4) is 0 Å². The van der Waals surface area contributed by atoms with Crippen LogP contribution in [0.4, 0.5) is 0 Å². The topological polar surface area (TPSA) is 105 Å². The summed E-state index contributed by atoms with van der Waals surface area (Å²) < 4.78 is 28.4. The maximum atomic E-state index is 12.9. The van der Waals surface area contributed by atoms with Gasteiger partial charge in [-0.25, -0.2) is 8.42 Å². The van der Waals surface area contributed by atoms with E-state index in [1.165, 1.54) is 12.1 Å². The second kappa shape index (κ2) is 5.83. The third kappa shape index (κ3) is 2.68. The van der Waals surface area contributed by atoms with Crippen LogP contribution in [-0.4, -0.2) is 44.6 Å². The average Bonchev–Trinajstić information content (AvgIpc) is 2.89. The van der Waals surface area contributed by atoms with Gasteiger partial charge in [0, 0.05) is 5.02 Å². The molecule has 10 heteroatoms. The highest BCUT2D eigenvalue weighted by atomic mass is 35.5. The molecule has 24 heavy (non-hydrogen) atoms. The number of nitrogens with zero attached hydrogens (tertiary/aromatic N) is 4. The Morgan fingerprint density at radius 1 is 1.33 bits per heavy atom. The third-order valence-corrected chi connectivity index (χ3v) is 6.31. The van der Waals surface area contributed by atoms with E-state index in [1.807, 2.05) is 0 Å². The van der Waals surface area contributed by atoms with Crippen LogP contribution in [0.3, 0.4) is 0 Å². The van der Waals surface area contributed by atoms with Gasteiger partial charge in [-0.1, -0.05) is 17.7 Å². The Labute approximate surface area is 143 Å². The summed E-state index contributed by atoms with van der Waals surface area (Å²) >= 11 is 6.02. The van der Waals surface area contributed by atoms with Gasteiger partial charge in [-0.15, -0.1) is 10.2 Å². The fourth-order valence-electron chi connectivity index (χ4n) is 2.62. The van der Waals surface area contributed by atoms with E-state index in [0.717, 1.165) is 9.87 Å². The number of halogens is 1. The lowest BCUT2D eigenvalue weighted by molar-refractivity contribution is -0.142. The van der Waals surface area contributed by atoms with Crippen molar-refractivity contribution in [3.63, 3.8) is 0 Å². The van der Waals surface area contributed by atoms with Crippen LogP contribution in [0.5, 0.6) is 0 Å². The van der Waals surface area contributed by atoms with Crippen molar-refractivity contribution in [2.75, 3.05) is 0 Å². The molecule has 0 saturated heterocycles. The first-order valence-corrected chi connectivity index (χ1v) is 8.93. The molecule has 1 aromatic carbocycles. The van der Waals surface area contributed by atoms with E-state index in [1.54, 1.807) is 24.5 Å². The van der Waals surface area contributed by atoms with E-state index in [2.05, 4.69) is 10.2 Å². The van der Waals surface area contributed by atoms with Crippen LogP contribution in [0.2, 0.25) is 5.02 Å². The molecular weight excluding hydrogens is 356 g/mol. The molecule has 1 aliphatic heterocycles. The fourth-order valence-corrected chi connectivity index (χ4v) is 4.42. The summed E-state index contributed by atoms with van der Waals surface area (Å²) in [6.45, 7) is 3.25. The largest absolute Gasteiger partial charge is 0.480 e. The maximum Gasteiger partial charge on any atom is 0.323 e. The van der Waals surface area contributed by atoms with Gasteiger partial charge in [0.15, 0.2) is 0 Å². The molecule has 3 rings (SSSR count). The molecule has 1 atom stereocenters. The van der Waals surface area contributed by atoms with E-state index in [-0.39, 0.29) is 18.0 Å². The molecule has 1 aliphatic rings. The molecule has 2 heterocycles. The lowest BCUT2D eigenvalue weighted by Gasteiger charge is -2.32. The van der Waals surface area contributed by atoms with Gasteiger partial charge >= 0.3 is 5.97 Å². The molecule has 128 valence electrons. The molecule has 0 aliphatic carbocycles. The maximum absolute atomic E-state index is 12.9. The SMILES string of the molecule is Cc1ccc(S(=O)(=O)N2Cc3nnc(C)n3CC2C(=O)O)cc1Cl. The number of sulfonamides is 1. The lowest BCUT2D eigenvalue weighted by atomic mass is 10.2. The van der Waals surface area contributed by atoms with Gasteiger partial charge in [-0.05, 0) is 31.5 Å². The van der Waals surface area contributed by atoms with Crippen LogP contribution in [0.25, 0.3) is 0 Å². The molecule has 0 spiro atoms. The van der Waals surface area contributed by atoms with Crippen molar-refractivity contribution in [3.05, 3.63) is 40.4 Å². The number of aliphatic carboxylic acids is 1. The standard InChI is InChI=1S/C14H15ClN4O4S/c1-8-3-4-10(5-11(8)15)24(22,23)19-7-13-17-16-9(2)18(13)6-12(19)14(20)21/h3-5,12H,6-7H2,1-2H3,(H,20,21). The van der Waals surface area contributed by atoms with Crippen LogP contribution in [0.1, 0.15) is 17.2 Å². The molecule has 0 saturated carbocycles. The fraction of sp³-hybridized carbons (Fsp3) is 0.357. The second-order valence-corrected chi connectivity index (χ2v) is 7.89. The molecule has 1 aromatic heterocycles. The molecule has 0 fully saturated rings. The van der Waals surface area contributed by atoms with Crippen molar-refractivity contribution in [2.24, 2.45) is 0 Å². The van der Waals surface area contributed by atoms with Crippen LogP contribution < -0.4 is 0 Å². The van der Waals surface area contributed by atoms with Crippen molar-refractivity contribution in [2.45, 2.75) is 37.9 Å². The highest BCUT2D eigenvalue weighted by molar-refractivity contribution is 7.89. The second-order valence-electron chi connectivity index (χ2n) is 5.59. The summed E-state index contributed by atoms with van der Waals surface area (Å²) in [5, 5.41) is 17.6. The Balaban J connectivity index is 2.08. The molecule has 2 aromatic rings. The van der Waals surface area contributed by atoms with Gasteiger partial charge in [-0.3, -0.25) is 4.79 Å². The van der Waals surface area contributed by atoms with E-state index in [0.29, 0.717) is 16.7 Å². The normalized spacial score (nSPS) is 18.4. The van der Waals surface area contributed by atoms with Gasteiger partial charge in [0.05, 0.1) is 18.0 Å². The van der Waals surface area contributed by atoms with Crippen LogP contribution in [0.15, 0.2) is 23.1 Å². The monoisotopic (exact) mass is 370 g/mol. The highest BCUT2D eigenvalue weighted by Crippen LogP contribution is 2.28. The van der Waals surface area contributed by atoms with Crippen LogP contribution >= 0.6 is 11.6 Å². The lowest BCUT2D eigenvalue weighted by Crippen LogP contribution is -2.50. The van der Waals surface area contributed by atoms with Crippen molar-refractivity contribution >= 4 is 27.6 Å². The number of aryl methyl sites for hydroxylation is 2. The van der Waals surface area contributed by atoms with Gasteiger partial charge in [0.25, 0.3) is 0 Å². The van der Waals surface area contributed by atoms with E-state index >= 15 is 0 Å². The quantitative estimate of drug-likeness (QED) is 0.870. The summed E-state index contributed by atoms with van der Waals surface area (Å²) in [6, 6.07) is 3.09. The van der Waals surface area contributed by atoms with E-state index in [9.17, 15) is 18.3 Å². The first kappa shape index (κ1) is 16.9. The number of carboxylic acids is 1. The van der Waals surface area contributed by atoms with Gasteiger partial charge in [-0.2, -0.15) is 4.31 Å². The summed E-state index contributed by atoms with van der Waals surface area (Å²) in [7, 11) is -4.04. The summed E-state index contributed by atoms with van der Waals surface area (Å²) in [6.07, 6.45) is 0. The summed E-state index contributed by atoms with van der Waals surface area (Å²) in [5.74, 6) is -0.269. The number of rotatable bonds is 3. The Bertz CT molecular complexity index is 925. The van der Waals surface area contributed by atoms with Crippen LogP contribution in [0, 0.1) is 13.8 Å². The Morgan fingerprint density at radius 2 is 2.04 bits per heavy atom. The molecule has 0 amide bonds. The van der Waals surface area contributed by atoms with Crippen LogP contribution in [-0.2, 0) is 27.9 Å². The number of fused-ring (bicyclic) bond motifs is 1. The Morgan fingerprint density at radius 3 is 2.67 bits per heavy atom. The van der Waals surface area contributed by atoms with Crippen molar-refractivity contribution < 1.29 is 18.3 Å². The molecule has 0 bridgehead atoms. The van der Waals surface area contributed by atoms with Crippen molar-refractivity contribution in [1.29, 1.82) is 0 Å². The molecular formula is C14H15ClN4O4S. The first-order chi connectivity index (χ1) is 11.2. The zero-order chi connectivity index (χ0) is 17.6. The minimum Gasteiger partial charge on any atom is -0.480 e. The minimum atomic E-state index is -4.04. The Kier molecular flexibility index (Phi) is 4.10. The zero-order valence-corrected chi connectivity index (χ0v) is 14.5. The smallest absolute Gasteiger partial charge is 0.323 e.